The fourth-order valence-corrected chi connectivity index (χ4v) is 5.80. The molecule has 0 unspecified atom stereocenters. The van der Waals surface area contributed by atoms with E-state index < -0.39 is 17.6 Å². The Morgan fingerprint density at radius 2 is 1.95 bits per heavy atom. The second-order valence-electron chi connectivity index (χ2n) is 8.05. The van der Waals surface area contributed by atoms with Gasteiger partial charge in [0.05, 0.1) is 31.9 Å². The number of ether oxygens (including phenoxy) is 1. The van der Waals surface area contributed by atoms with E-state index >= 15 is 0 Å². The smallest absolute Gasteiger partial charge is 0.416 e. The van der Waals surface area contributed by atoms with Gasteiger partial charge in [-0.15, -0.1) is 11.3 Å². The molecule has 13 heteroatoms. The van der Waals surface area contributed by atoms with Crippen LogP contribution in [0.5, 0.6) is 5.75 Å². The van der Waals surface area contributed by atoms with Crippen molar-refractivity contribution >= 4 is 72.8 Å². The van der Waals surface area contributed by atoms with Gasteiger partial charge in [0.1, 0.15) is 18.2 Å². The summed E-state index contributed by atoms with van der Waals surface area (Å²) in [5.74, 6) is -0.148. The molecule has 4 rings (SSSR count). The van der Waals surface area contributed by atoms with Gasteiger partial charge < -0.3 is 10.1 Å². The number of nitrogens with one attached hydrogen (secondary N) is 2. The van der Waals surface area contributed by atoms with Crippen LogP contribution in [-0.4, -0.2) is 17.1 Å². The average molecular weight is 733 g/mol. The highest BCUT2D eigenvalue weighted by Gasteiger charge is 2.30. The molecule has 6 nitrogen and oxygen atoms in total. The third kappa shape index (κ3) is 8.47. The Kier molecular flexibility index (Phi) is 9.56. The summed E-state index contributed by atoms with van der Waals surface area (Å²) in [6.45, 7) is 0.198. The number of nitrogens with zero attached hydrogens (tertiary/aromatic N) is 2. The number of hydrogen-bond acceptors (Lipinski definition) is 6. The van der Waals surface area contributed by atoms with Crippen LogP contribution in [0.3, 0.4) is 0 Å². The Labute approximate surface area is 246 Å². The van der Waals surface area contributed by atoms with Gasteiger partial charge in [-0.05, 0) is 92.1 Å². The van der Waals surface area contributed by atoms with Gasteiger partial charge >= 0.3 is 6.18 Å². The van der Waals surface area contributed by atoms with E-state index in [1.165, 1.54) is 41.8 Å². The standard InChI is InChI=1S/C26H18BrF4IN4O2S/c27-21-8-16(9-22(32)24(21)38-13-15-3-1-5-18(28)7-15)12-33-36-23(37)11-20-14-39-25(35-20)34-19-6-2-4-17(10-19)26(29,30)31/h1-10,12,14H,11,13H2,(H,34,35)(H,36,37)/b33-12-. The summed E-state index contributed by atoms with van der Waals surface area (Å²) in [5, 5.41) is 8.81. The van der Waals surface area contributed by atoms with Crippen LogP contribution >= 0.6 is 49.9 Å². The van der Waals surface area contributed by atoms with Crippen LogP contribution in [-0.2, 0) is 24.0 Å². The summed E-state index contributed by atoms with van der Waals surface area (Å²) in [7, 11) is 0. The molecule has 0 saturated carbocycles. The number of hydrogen-bond donors (Lipinski definition) is 2. The van der Waals surface area contributed by atoms with Gasteiger partial charge in [-0.3, -0.25) is 4.79 Å². The molecule has 0 bridgehead atoms. The minimum atomic E-state index is -4.45. The van der Waals surface area contributed by atoms with Gasteiger partial charge in [0.2, 0.25) is 5.91 Å². The number of aromatic nitrogens is 1. The van der Waals surface area contributed by atoms with E-state index in [-0.39, 0.29) is 24.5 Å². The van der Waals surface area contributed by atoms with Crippen LogP contribution in [0.4, 0.5) is 28.4 Å². The largest absolute Gasteiger partial charge is 0.487 e. The first-order chi connectivity index (χ1) is 18.6. The molecule has 1 heterocycles. The highest BCUT2D eigenvalue weighted by Crippen LogP contribution is 2.33. The minimum absolute atomic E-state index is 0.0633. The fraction of sp³-hybridized carbons (Fsp3) is 0.115. The molecule has 1 aromatic heterocycles. The molecule has 0 aliphatic heterocycles. The van der Waals surface area contributed by atoms with Crippen molar-refractivity contribution in [3.8, 4) is 5.75 Å². The van der Waals surface area contributed by atoms with Crippen LogP contribution in [0.2, 0.25) is 0 Å². The molecule has 0 aliphatic rings. The predicted molar refractivity (Wildman–Crippen MR) is 154 cm³/mol. The maximum atomic E-state index is 13.4. The quantitative estimate of drug-likeness (QED) is 0.0802. The second kappa shape index (κ2) is 12.9. The lowest BCUT2D eigenvalue weighted by Gasteiger charge is -2.11. The summed E-state index contributed by atoms with van der Waals surface area (Å²) in [6, 6.07) is 14.5. The number of hydrazone groups is 1. The van der Waals surface area contributed by atoms with Crippen molar-refractivity contribution in [2.24, 2.45) is 5.10 Å². The van der Waals surface area contributed by atoms with Crippen LogP contribution in [0, 0.1) is 9.39 Å². The monoisotopic (exact) mass is 732 g/mol. The van der Waals surface area contributed by atoms with Crippen molar-refractivity contribution in [3.05, 3.63) is 102 Å². The Morgan fingerprint density at radius 3 is 2.69 bits per heavy atom. The van der Waals surface area contributed by atoms with E-state index in [4.69, 9.17) is 4.74 Å². The number of alkyl halides is 3. The zero-order valence-corrected chi connectivity index (χ0v) is 24.3. The molecule has 0 fully saturated rings. The molecule has 1 amide bonds. The van der Waals surface area contributed by atoms with Crippen molar-refractivity contribution in [3.63, 3.8) is 0 Å². The van der Waals surface area contributed by atoms with Gasteiger partial charge in [-0.25, -0.2) is 14.8 Å². The van der Waals surface area contributed by atoms with Crippen molar-refractivity contribution in [2.75, 3.05) is 5.32 Å². The molecule has 0 aliphatic carbocycles. The molecule has 39 heavy (non-hydrogen) atoms. The number of halogens is 6. The summed E-state index contributed by atoms with van der Waals surface area (Å²) in [4.78, 5) is 16.5. The fourth-order valence-electron chi connectivity index (χ4n) is 3.30. The lowest BCUT2D eigenvalue weighted by atomic mass is 10.2. The van der Waals surface area contributed by atoms with E-state index in [0.29, 0.717) is 32.2 Å². The number of carbonyl (C=O) groups is 1. The van der Waals surface area contributed by atoms with Crippen LogP contribution in [0.15, 0.2) is 75.6 Å². The van der Waals surface area contributed by atoms with E-state index in [1.807, 2.05) is 6.07 Å². The van der Waals surface area contributed by atoms with Gasteiger partial charge in [0.25, 0.3) is 0 Å². The molecule has 0 spiro atoms. The molecule has 2 N–H and O–H groups in total. The first kappa shape index (κ1) is 29.0. The Bertz CT molecular complexity index is 1490. The third-order valence-corrected chi connectivity index (χ3v) is 7.23. The number of thiazole rings is 1. The Morgan fingerprint density at radius 1 is 1.15 bits per heavy atom. The first-order valence-electron chi connectivity index (χ1n) is 11.1. The molecular formula is C26H18BrF4IN4O2S. The lowest BCUT2D eigenvalue weighted by Crippen LogP contribution is -2.20. The van der Waals surface area contributed by atoms with Crippen LogP contribution in [0.1, 0.15) is 22.4 Å². The molecular weight excluding hydrogens is 715 g/mol. The summed E-state index contributed by atoms with van der Waals surface area (Å²) >= 11 is 6.75. The minimum Gasteiger partial charge on any atom is -0.487 e. The van der Waals surface area contributed by atoms with Crippen molar-refractivity contribution in [1.82, 2.24) is 10.4 Å². The number of carbonyl (C=O) groups excluding carboxylic acids is 1. The van der Waals surface area contributed by atoms with E-state index in [1.54, 1.807) is 23.6 Å². The van der Waals surface area contributed by atoms with Crippen LogP contribution < -0.4 is 15.5 Å². The van der Waals surface area contributed by atoms with Crippen molar-refractivity contribution in [2.45, 2.75) is 19.2 Å². The highest BCUT2D eigenvalue weighted by atomic mass is 127. The molecule has 0 saturated heterocycles. The number of benzene rings is 3. The molecule has 3 aromatic carbocycles. The van der Waals surface area contributed by atoms with E-state index in [2.05, 4.69) is 59.3 Å². The van der Waals surface area contributed by atoms with E-state index in [9.17, 15) is 22.4 Å². The maximum absolute atomic E-state index is 13.4. The summed E-state index contributed by atoms with van der Waals surface area (Å²) in [6.07, 6.45) is -3.03. The third-order valence-electron chi connectivity index (χ3n) is 5.03. The predicted octanol–water partition coefficient (Wildman–Crippen LogP) is 7.68. The SMILES string of the molecule is O=C(Cc1csc(Nc2cccc(C(F)(F)F)c2)n1)N/N=C\c1cc(Br)c(OCc2cccc(F)c2)c(I)c1. The van der Waals surface area contributed by atoms with Crippen molar-refractivity contribution < 1.29 is 27.1 Å². The first-order valence-corrected chi connectivity index (χ1v) is 13.9. The van der Waals surface area contributed by atoms with Gasteiger partial charge in [-0.1, -0.05) is 18.2 Å². The van der Waals surface area contributed by atoms with Gasteiger partial charge in [0.15, 0.2) is 5.13 Å². The average Bonchev–Trinajstić information content (AvgIpc) is 3.29. The van der Waals surface area contributed by atoms with Crippen LogP contribution in [0.25, 0.3) is 0 Å². The molecule has 202 valence electrons. The summed E-state index contributed by atoms with van der Waals surface area (Å²) < 4.78 is 59.4. The molecule has 0 radical (unpaired) electrons. The van der Waals surface area contributed by atoms with E-state index in [0.717, 1.165) is 15.7 Å². The van der Waals surface area contributed by atoms with Crippen molar-refractivity contribution in [1.29, 1.82) is 0 Å². The van der Waals surface area contributed by atoms with Gasteiger partial charge in [0, 0.05) is 11.1 Å². The Hall–Kier alpha value is -3.04. The zero-order chi connectivity index (χ0) is 28.0. The lowest BCUT2D eigenvalue weighted by molar-refractivity contribution is -0.137. The topological polar surface area (TPSA) is 75.6 Å². The highest BCUT2D eigenvalue weighted by molar-refractivity contribution is 14.1. The Balaban J connectivity index is 1.30. The molecule has 0 atom stereocenters. The number of anilines is 2. The number of rotatable bonds is 9. The summed E-state index contributed by atoms with van der Waals surface area (Å²) in [5.41, 5.74) is 3.75. The maximum Gasteiger partial charge on any atom is 0.416 e. The number of amides is 1. The molecule has 4 aromatic rings. The second-order valence-corrected chi connectivity index (χ2v) is 10.9. The zero-order valence-electron chi connectivity index (χ0n) is 19.7. The van der Waals surface area contributed by atoms with Gasteiger partial charge in [-0.2, -0.15) is 18.3 Å². The normalized spacial score (nSPS) is 11.5.